The lowest BCUT2D eigenvalue weighted by molar-refractivity contribution is -0.908. The molecule has 2 aliphatic heterocycles. The van der Waals surface area contributed by atoms with Gasteiger partial charge in [-0.05, 0) is 27.7 Å². The maximum absolute atomic E-state index is 6.05. The Morgan fingerprint density at radius 2 is 1.47 bits per heavy atom. The molecule has 0 saturated carbocycles. The van der Waals surface area contributed by atoms with Crippen LogP contribution in [-0.2, 0) is 14.0 Å². The Bertz CT molecular complexity index is 271. The molecule has 4 nitrogen and oxygen atoms in total. The van der Waals surface area contributed by atoms with Crippen LogP contribution in [0.1, 0.15) is 27.7 Å². The molecule has 0 aromatic heterocycles. The zero-order valence-electron chi connectivity index (χ0n) is 11.8. The van der Waals surface area contributed by atoms with Gasteiger partial charge in [0.15, 0.2) is 0 Å². The zero-order chi connectivity index (χ0) is 12.7. The molecule has 2 saturated heterocycles. The van der Waals surface area contributed by atoms with Crippen molar-refractivity contribution in [1.29, 1.82) is 0 Å². The first-order chi connectivity index (χ1) is 7.74. The van der Waals surface area contributed by atoms with Crippen molar-refractivity contribution < 1.29 is 18.5 Å². The lowest BCUT2D eigenvalue weighted by atomic mass is 9.88. The van der Waals surface area contributed by atoms with Gasteiger partial charge in [-0.1, -0.05) is 0 Å². The highest BCUT2D eigenvalue weighted by molar-refractivity contribution is 6.45. The van der Waals surface area contributed by atoms with Gasteiger partial charge in [-0.15, -0.1) is 0 Å². The lowest BCUT2D eigenvalue weighted by Gasteiger charge is -2.37. The average Bonchev–Trinajstić information content (AvgIpc) is 2.34. The number of likely N-dealkylation sites (N-methyl/N-ethyl adjacent to an activating group) is 1. The molecule has 2 fully saturated rings. The summed E-state index contributed by atoms with van der Waals surface area (Å²) in [5, 5.41) is 0. The maximum Gasteiger partial charge on any atom is 0.517 e. The molecule has 0 aliphatic carbocycles. The Hall–Kier alpha value is -0.0951. The van der Waals surface area contributed by atoms with Gasteiger partial charge in [-0.3, -0.25) is 0 Å². The van der Waals surface area contributed by atoms with Crippen molar-refractivity contribution in [2.75, 3.05) is 39.8 Å². The summed E-state index contributed by atoms with van der Waals surface area (Å²) in [5.74, 6) is 0. The van der Waals surface area contributed by atoms with Gasteiger partial charge < -0.3 is 18.5 Å². The molecule has 0 aromatic carbocycles. The highest BCUT2D eigenvalue weighted by Crippen LogP contribution is 2.37. The average molecular weight is 242 g/mol. The molecule has 0 unspecified atom stereocenters. The van der Waals surface area contributed by atoms with Crippen molar-refractivity contribution in [1.82, 2.24) is 0 Å². The monoisotopic (exact) mass is 242 g/mol. The predicted octanol–water partition coefficient (Wildman–Crippen LogP) is 1.09. The number of hydrogen-bond donors (Lipinski definition) is 0. The Balaban J connectivity index is 1.97. The second-order valence-corrected chi connectivity index (χ2v) is 6.55. The summed E-state index contributed by atoms with van der Waals surface area (Å²) in [7, 11) is 2.16. The van der Waals surface area contributed by atoms with Gasteiger partial charge in [0.05, 0.1) is 31.5 Å². The van der Waals surface area contributed by atoms with E-state index in [1.54, 1.807) is 0 Å². The highest BCUT2D eigenvalue weighted by Gasteiger charge is 2.53. The van der Waals surface area contributed by atoms with Crippen LogP contribution in [0.5, 0.6) is 0 Å². The first-order valence-electron chi connectivity index (χ1n) is 6.51. The molecule has 0 amide bonds. The standard InChI is InChI=1S/C12H25BNO3/c1-11(2)12(3,4)17-13(16-11)10-14(5)6-8-15-9-7-14/h6-10H2,1-5H3/q+1. The Labute approximate surface area is 105 Å². The van der Waals surface area contributed by atoms with Crippen LogP contribution in [0.3, 0.4) is 0 Å². The first-order valence-corrected chi connectivity index (χ1v) is 6.51. The van der Waals surface area contributed by atoms with Gasteiger partial charge in [0.25, 0.3) is 0 Å². The van der Waals surface area contributed by atoms with Crippen molar-refractivity contribution in [2.45, 2.75) is 38.9 Å². The summed E-state index contributed by atoms with van der Waals surface area (Å²) in [5.41, 5.74) is -0.438. The van der Waals surface area contributed by atoms with E-state index in [9.17, 15) is 0 Å². The molecule has 0 atom stereocenters. The highest BCUT2D eigenvalue weighted by atomic mass is 16.7. The number of morpholine rings is 1. The third kappa shape index (κ3) is 2.68. The quantitative estimate of drug-likeness (QED) is 0.536. The van der Waals surface area contributed by atoms with E-state index in [1.165, 1.54) is 0 Å². The zero-order valence-corrected chi connectivity index (χ0v) is 11.8. The van der Waals surface area contributed by atoms with Crippen LogP contribution >= 0.6 is 0 Å². The number of ether oxygens (including phenoxy) is 1. The van der Waals surface area contributed by atoms with Crippen LogP contribution in [0.15, 0.2) is 0 Å². The third-order valence-corrected chi connectivity index (χ3v) is 4.44. The number of quaternary nitrogens is 1. The van der Waals surface area contributed by atoms with Crippen molar-refractivity contribution in [2.24, 2.45) is 0 Å². The molecule has 0 N–H and O–H groups in total. The number of hydrogen-bond acceptors (Lipinski definition) is 3. The second kappa shape index (κ2) is 4.23. The minimum atomic E-state index is -0.219. The maximum atomic E-state index is 6.05. The van der Waals surface area contributed by atoms with E-state index >= 15 is 0 Å². The smallest absolute Gasteiger partial charge is 0.400 e. The molecule has 98 valence electrons. The largest absolute Gasteiger partial charge is 0.517 e. The van der Waals surface area contributed by atoms with Crippen molar-refractivity contribution in [3.05, 3.63) is 0 Å². The molecule has 0 spiro atoms. The van der Waals surface area contributed by atoms with Crippen LogP contribution < -0.4 is 0 Å². The van der Waals surface area contributed by atoms with Gasteiger partial charge in [0.1, 0.15) is 19.5 Å². The predicted molar refractivity (Wildman–Crippen MR) is 67.7 cm³/mol. The summed E-state index contributed by atoms with van der Waals surface area (Å²) in [6.07, 6.45) is 0.913. The van der Waals surface area contributed by atoms with Crippen molar-refractivity contribution >= 4 is 7.12 Å². The van der Waals surface area contributed by atoms with E-state index < -0.39 is 0 Å². The van der Waals surface area contributed by atoms with E-state index in [0.29, 0.717) is 0 Å². The fourth-order valence-electron chi connectivity index (χ4n) is 2.37. The van der Waals surface area contributed by atoms with E-state index in [-0.39, 0.29) is 18.3 Å². The summed E-state index contributed by atoms with van der Waals surface area (Å²) in [6.45, 7) is 12.2. The fourth-order valence-corrected chi connectivity index (χ4v) is 2.37. The van der Waals surface area contributed by atoms with Crippen LogP contribution in [0.2, 0.25) is 0 Å². The molecule has 0 aromatic rings. The second-order valence-electron chi connectivity index (χ2n) is 6.55. The Morgan fingerprint density at radius 3 is 1.94 bits per heavy atom. The molecule has 0 bridgehead atoms. The van der Waals surface area contributed by atoms with Gasteiger partial charge in [0, 0.05) is 0 Å². The third-order valence-electron chi connectivity index (χ3n) is 4.44. The van der Waals surface area contributed by atoms with E-state index in [4.69, 9.17) is 14.0 Å². The SMILES string of the molecule is CC1(C)OB(C[N+]2(C)CCOCC2)OC1(C)C. The molecular weight excluding hydrogens is 217 g/mol. The summed E-state index contributed by atoms with van der Waals surface area (Å²) in [6, 6.07) is 0. The summed E-state index contributed by atoms with van der Waals surface area (Å²) < 4.78 is 18.5. The molecule has 2 aliphatic rings. The molecule has 5 heteroatoms. The van der Waals surface area contributed by atoms with Crippen LogP contribution in [0.25, 0.3) is 0 Å². The van der Waals surface area contributed by atoms with Gasteiger partial charge in [0.2, 0.25) is 0 Å². The number of nitrogens with zero attached hydrogens (tertiary/aromatic N) is 1. The Kier molecular flexibility index (Phi) is 3.32. The topological polar surface area (TPSA) is 27.7 Å². The number of rotatable bonds is 2. The van der Waals surface area contributed by atoms with Crippen LogP contribution in [0.4, 0.5) is 0 Å². The summed E-state index contributed by atoms with van der Waals surface area (Å²) >= 11 is 0. The van der Waals surface area contributed by atoms with E-state index in [1.807, 2.05) is 0 Å². The normalized spacial score (nSPS) is 30.5. The summed E-state index contributed by atoms with van der Waals surface area (Å²) in [4.78, 5) is 0. The van der Waals surface area contributed by atoms with Gasteiger partial charge >= 0.3 is 7.12 Å². The Morgan fingerprint density at radius 1 is 1.00 bits per heavy atom. The van der Waals surface area contributed by atoms with E-state index in [2.05, 4.69) is 34.7 Å². The van der Waals surface area contributed by atoms with Crippen LogP contribution in [0, 0.1) is 0 Å². The van der Waals surface area contributed by atoms with Crippen LogP contribution in [-0.4, -0.2) is 62.6 Å². The van der Waals surface area contributed by atoms with Gasteiger partial charge in [-0.2, -0.15) is 0 Å². The minimum absolute atomic E-state index is 0.0944. The fraction of sp³-hybridized carbons (Fsp3) is 1.00. The molecule has 17 heavy (non-hydrogen) atoms. The first kappa shape index (κ1) is 13.3. The molecule has 2 rings (SSSR count). The minimum Gasteiger partial charge on any atom is -0.400 e. The molecule has 2 heterocycles. The molecular formula is C12H25BNO3+. The lowest BCUT2D eigenvalue weighted by Crippen LogP contribution is -2.56. The van der Waals surface area contributed by atoms with Crippen molar-refractivity contribution in [3.8, 4) is 0 Å². The molecule has 0 radical (unpaired) electrons. The van der Waals surface area contributed by atoms with Gasteiger partial charge in [-0.25, -0.2) is 0 Å². The van der Waals surface area contributed by atoms with Crippen molar-refractivity contribution in [3.63, 3.8) is 0 Å². The van der Waals surface area contributed by atoms with E-state index in [0.717, 1.165) is 37.2 Å².